The first kappa shape index (κ1) is 26.0. The van der Waals surface area contributed by atoms with Gasteiger partial charge in [-0.05, 0) is 54.4 Å². The van der Waals surface area contributed by atoms with Crippen LogP contribution < -0.4 is 10.6 Å². The molecule has 1 fully saturated rings. The molecule has 2 N–H and O–H groups in total. The number of benzene rings is 2. The number of aryl methyl sites for hydroxylation is 1. The van der Waals surface area contributed by atoms with Gasteiger partial charge in [-0.1, -0.05) is 31.5 Å². The molecule has 4 aromatic rings. The second-order valence-corrected chi connectivity index (χ2v) is 10.8. The van der Waals surface area contributed by atoms with E-state index in [2.05, 4.69) is 9.88 Å². The third kappa shape index (κ3) is 4.48. The summed E-state index contributed by atoms with van der Waals surface area (Å²) < 4.78 is 17.7. The molecule has 2 unspecified atom stereocenters. The first-order valence-corrected chi connectivity index (χ1v) is 12.9. The van der Waals surface area contributed by atoms with Crippen LogP contribution in [0.3, 0.4) is 0 Å². The molecule has 2 aromatic carbocycles. The number of hydrogen-bond donors (Lipinski definition) is 2. The zero-order chi connectivity index (χ0) is 27.4. The molecule has 3 heterocycles. The maximum atomic E-state index is 14.9. The van der Waals surface area contributed by atoms with E-state index >= 15 is 0 Å². The summed E-state index contributed by atoms with van der Waals surface area (Å²) >= 11 is 6.52. The molecule has 0 bridgehead atoms. The van der Waals surface area contributed by atoms with Crippen LogP contribution in [-0.4, -0.2) is 43.0 Å². The monoisotopic (exact) mass is 536 g/mol. The van der Waals surface area contributed by atoms with E-state index in [1.807, 2.05) is 26.8 Å². The third-order valence-electron chi connectivity index (χ3n) is 7.90. The molecular formula is C29H30ClFN4O3. The summed E-state index contributed by atoms with van der Waals surface area (Å²) in [5, 5.41) is 22.3. The van der Waals surface area contributed by atoms with Crippen LogP contribution in [-0.2, 0) is 7.05 Å². The van der Waals surface area contributed by atoms with E-state index in [9.17, 15) is 19.4 Å². The number of hydrogen-bond acceptors (Lipinski definition) is 5. The van der Waals surface area contributed by atoms with E-state index in [1.165, 1.54) is 21.3 Å². The van der Waals surface area contributed by atoms with Crippen LogP contribution in [0.4, 0.5) is 10.2 Å². The molecule has 9 heteroatoms. The predicted octanol–water partition coefficient (Wildman–Crippen LogP) is 5.25. The number of aliphatic hydroxyl groups is 1. The molecule has 198 valence electrons. The number of halogens is 2. The Hall–Kier alpha value is -3.62. The highest BCUT2D eigenvalue weighted by atomic mass is 35.5. The average Bonchev–Trinajstić information content (AvgIpc) is 3.21. The molecule has 1 aliphatic heterocycles. The smallest absolute Gasteiger partial charge is 0.332 e. The number of pyridine rings is 1. The lowest BCUT2D eigenvalue weighted by Gasteiger charge is -2.46. The van der Waals surface area contributed by atoms with Gasteiger partial charge in [-0.3, -0.25) is 4.57 Å². The Morgan fingerprint density at radius 1 is 1.03 bits per heavy atom. The lowest BCUT2D eigenvalue weighted by molar-refractivity contribution is -0.0504. The number of anilines is 1. The number of piperidine rings is 1. The maximum absolute atomic E-state index is 14.9. The quantitative estimate of drug-likeness (QED) is 0.372. The summed E-state index contributed by atoms with van der Waals surface area (Å²) in [7, 11) is 1.65. The molecule has 0 saturated carbocycles. The number of phenols is 1. The van der Waals surface area contributed by atoms with Crippen LogP contribution >= 0.6 is 11.6 Å². The Morgan fingerprint density at radius 2 is 1.66 bits per heavy atom. The van der Waals surface area contributed by atoms with Crippen molar-refractivity contribution in [2.45, 2.75) is 26.4 Å². The van der Waals surface area contributed by atoms with E-state index in [0.717, 1.165) is 0 Å². The summed E-state index contributed by atoms with van der Waals surface area (Å²) in [6.45, 7) is 7.16. The van der Waals surface area contributed by atoms with Crippen molar-refractivity contribution in [1.82, 2.24) is 14.1 Å². The van der Waals surface area contributed by atoms with Gasteiger partial charge in [0, 0.05) is 61.7 Å². The highest BCUT2D eigenvalue weighted by molar-refractivity contribution is 6.32. The largest absolute Gasteiger partial charge is 0.507 e. The van der Waals surface area contributed by atoms with Crippen molar-refractivity contribution in [2.24, 2.45) is 18.9 Å². The molecule has 2 aromatic heterocycles. The molecule has 0 amide bonds. The molecule has 2 atom stereocenters. The predicted molar refractivity (Wildman–Crippen MR) is 147 cm³/mol. The Balaban J connectivity index is 1.52. The molecule has 0 spiro atoms. The van der Waals surface area contributed by atoms with Gasteiger partial charge in [-0.15, -0.1) is 0 Å². The fourth-order valence-corrected chi connectivity index (χ4v) is 5.37. The van der Waals surface area contributed by atoms with Gasteiger partial charge in [0.15, 0.2) is 0 Å². The molecule has 7 nitrogen and oxygen atoms in total. The van der Waals surface area contributed by atoms with E-state index < -0.39 is 11.4 Å². The molecule has 1 aliphatic rings. The number of aromatic hydroxyl groups is 1. The maximum Gasteiger partial charge on any atom is 0.332 e. The zero-order valence-electron chi connectivity index (χ0n) is 21.7. The summed E-state index contributed by atoms with van der Waals surface area (Å²) in [4.78, 5) is 19.0. The first-order valence-electron chi connectivity index (χ1n) is 12.5. The van der Waals surface area contributed by atoms with Gasteiger partial charge in [0.05, 0.1) is 16.3 Å². The lowest BCUT2D eigenvalue weighted by Crippen LogP contribution is -2.55. The Morgan fingerprint density at radius 3 is 2.24 bits per heavy atom. The molecule has 1 saturated heterocycles. The van der Waals surface area contributed by atoms with Crippen molar-refractivity contribution >= 4 is 17.4 Å². The van der Waals surface area contributed by atoms with E-state index in [1.54, 1.807) is 49.9 Å². The highest BCUT2D eigenvalue weighted by Gasteiger charge is 2.40. The van der Waals surface area contributed by atoms with Crippen molar-refractivity contribution in [2.75, 3.05) is 18.0 Å². The average molecular weight is 537 g/mol. The van der Waals surface area contributed by atoms with Crippen LogP contribution in [0.15, 0.2) is 65.8 Å². The van der Waals surface area contributed by atoms with Crippen LogP contribution in [0.25, 0.3) is 27.9 Å². The second-order valence-electron chi connectivity index (χ2n) is 10.4. The van der Waals surface area contributed by atoms with Gasteiger partial charge in [0.2, 0.25) is 0 Å². The molecule has 0 aliphatic carbocycles. The van der Waals surface area contributed by atoms with E-state index in [4.69, 9.17) is 11.6 Å². The molecular weight excluding hydrogens is 507 g/mol. The van der Waals surface area contributed by atoms with Gasteiger partial charge >= 0.3 is 5.69 Å². The normalized spacial score (nSPS) is 21.6. The summed E-state index contributed by atoms with van der Waals surface area (Å²) in [5.74, 6) is 0.160. The SMILES string of the molecule is CC1CN(c2cc(-c3cc(F)cc(-c4ccc(-n5ccn(C)c5=O)c(Cl)c4)c3O)ccn2)CC(C)C1(C)O. The topological polar surface area (TPSA) is 83.5 Å². The Kier molecular flexibility index (Phi) is 6.57. The molecule has 5 rings (SSSR count). The van der Waals surface area contributed by atoms with Crippen LogP contribution in [0.5, 0.6) is 5.75 Å². The van der Waals surface area contributed by atoms with Crippen molar-refractivity contribution < 1.29 is 14.6 Å². The lowest BCUT2D eigenvalue weighted by atomic mass is 9.76. The van der Waals surface area contributed by atoms with Crippen LogP contribution in [0, 0.1) is 17.7 Å². The van der Waals surface area contributed by atoms with Gasteiger partial charge < -0.3 is 19.7 Å². The Bertz CT molecular complexity index is 1560. The summed E-state index contributed by atoms with van der Waals surface area (Å²) in [5.41, 5.74) is 1.21. The highest BCUT2D eigenvalue weighted by Crippen LogP contribution is 2.41. The number of aromatic nitrogens is 3. The van der Waals surface area contributed by atoms with Gasteiger partial charge in [0.1, 0.15) is 17.4 Å². The second kappa shape index (κ2) is 9.60. The third-order valence-corrected chi connectivity index (χ3v) is 8.21. The van der Waals surface area contributed by atoms with E-state index in [0.29, 0.717) is 41.3 Å². The van der Waals surface area contributed by atoms with Crippen molar-refractivity contribution in [3.05, 3.63) is 82.4 Å². The standard InChI is InChI=1S/C29H30ClFN4O3/c1-17-15-34(16-18(2)29(17,3)38)26-12-20(7-8-32-26)23-14-21(31)13-22(27(23)36)19-5-6-25(24(30)11-19)35-10-9-33(4)28(35)37/h5-14,17-18,36,38H,15-16H2,1-4H3. The Labute approximate surface area is 225 Å². The zero-order valence-corrected chi connectivity index (χ0v) is 22.4. The number of phenolic OH excluding ortho intramolecular Hbond substituents is 1. The van der Waals surface area contributed by atoms with Crippen molar-refractivity contribution in [3.63, 3.8) is 0 Å². The summed E-state index contributed by atoms with van der Waals surface area (Å²) in [6.07, 6.45) is 4.89. The fraction of sp³-hybridized carbons (Fsp3) is 0.310. The summed E-state index contributed by atoms with van der Waals surface area (Å²) in [6, 6.07) is 11.1. The number of nitrogens with zero attached hydrogens (tertiary/aromatic N) is 4. The van der Waals surface area contributed by atoms with Crippen molar-refractivity contribution in [3.8, 4) is 33.7 Å². The number of rotatable bonds is 4. The first-order chi connectivity index (χ1) is 18.0. The van der Waals surface area contributed by atoms with Gasteiger partial charge in [-0.25, -0.2) is 14.2 Å². The molecule has 0 radical (unpaired) electrons. The van der Waals surface area contributed by atoms with Gasteiger partial charge in [0.25, 0.3) is 0 Å². The number of imidazole rings is 1. The van der Waals surface area contributed by atoms with Crippen LogP contribution in [0.1, 0.15) is 20.8 Å². The minimum atomic E-state index is -0.769. The minimum absolute atomic E-state index is 0.0327. The minimum Gasteiger partial charge on any atom is -0.507 e. The molecule has 38 heavy (non-hydrogen) atoms. The van der Waals surface area contributed by atoms with E-state index in [-0.39, 0.29) is 33.9 Å². The van der Waals surface area contributed by atoms with Crippen LogP contribution in [0.2, 0.25) is 5.02 Å². The van der Waals surface area contributed by atoms with Crippen molar-refractivity contribution in [1.29, 1.82) is 0 Å². The fourth-order valence-electron chi connectivity index (χ4n) is 5.09. The van der Waals surface area contributed by atoms with Gasteiger partial charge in [-0.2, -0.15) is 0 Å².